The molecule has 1 saturated heterocycles. The van der Waals surface area contributed by atoms with Crippen molar-refractivity contribution >= 4 is 32.9 Å². The average molecular weight is 279 g/mol. The molecule has 0 spiro atoms. The molecule has 0 saturated carbocycles. The Morgan fingerprint density at radius 3 is 2.79 bits per heavy atom. The van der Waals surface area contributed by atoms with Gasteiger partial charge in [-0.3, -0.25) is 10.1 Å². The van der Waals surface area contributed by atoms with Crippen LogP contribution >= 0.6 is 11.3 Å². The van der Waals surface area contributed by atoms with Gasteiger partial charge < -0.3 is 10.0 Å². The number of nitro benzene ring substituents is 1. The number of aryl methyl sites for hydroxylation is 1. The summed E-state index contributed by atoms with van der Waals surface area (Å²) in [5.74, 6) is 0. The summed E-state index contributed by atoms with van der Waals surface area (Å²) in [5.41, 5.74) is 0.622. The highest BCUT2D eigenvalue weighted by molar-refractivity contribution is 7.18. The lowest BCUT2D eigenvalue weighted by Crippen LogP contribution is -2.60. The Bertz CT molecular complexity index is 672. The van der Waals surface area contributed by atoms with Crippen LogP contribution in [0.1, 0.15) is 11.9 Å². The fraction of sp³-hybridized carbons (Fsp3) is 0.417. The lowest BCUT2D eigenvalue weighted by molar-refractivity contribution is -0.384. The third-order valence-electron chi connectivity index (χ3n) is 3.19. The van der Waals surface area contributed by atoms with E-state index in [-0.39, 0.29) is 10.6 Å². The van der Waals surface area contributed by atoms with E-state index < -0.39 is 5.60 Å². The van der Waals surface area contributed by atoms with Gasteiger partial charge >= 0.3 is 0 Å². The predicted octanol–water partition coefficient (Wildman–Crippen LogP) is 2.08. The molecule has 0 unspecified atom stereocenters. The summed E-state index contributed by atoms with van der Waals surface area (Å²) in [5, 5.41) is 21.8. The number of benzene rings is 1. The molecular formula is C12H13N3O3S. The van der Waals surface area contributed by atoms with E-state index in [0.717, 1.165) is 15.2 Å². The standard InChI is InChI=1S/C12H13N3O3S/c1-7-13-8-3-9(14-5-12(2,16)6-14)10(15(17)18)4-11(8)19-7/h3-4,16H,5-6H2,1-2H3. The maximum absolute atomic E-state index is 11.2. The SMILES string of the molecule is Cc1nc2cc(N3CC(C)(O)C3)c([N+](=O)[O-])cc2s1. The second-order valence-corrected chi connectivity index (χ2v) is 6.39. The minimum Gasteiger partial charge on any atom is -0.386 e. The van der Waals surface area contributed by atoms with Gasteiger partial charge in [-0.05, 0) is 19.9 Å². The molecule has 6 nitrogen and oxygen atoms in total. The van der Waals surface area contributed by atoms with Gasteiger partial charge in [0.2, 0.25) is 0 Å². The first-order valence-corrected chi connectivity index (χ1v) is 6.70. The number of hydrogen-bond donors (Lipinski definition) is 1. The van der Waals surface area contributed by atoms with Gasteiger partial charge in [-0.15, -0.1) is 11.3 Å². The summed E-state index contributed by atoms with van der Waals surface area (Å²) >= 11 is 1.45. The zero-order valence-electron chi connectivity index (χ0n) is 10.6. The Balaban J connectivity index is 2.10. The second-order valence-electron chi connectivity index (χ2n) is 5.15. The summed E-state index contributed by atoms with van der Waals surface area (Å²) in [6.07, 6.45) is 0. The van der Waals surface area contributed by atoms with Crippen molar-refractivity contribution in [1.82, 2.24) is 4.98 Å². The van der Waals surface area contributed by atoms with E-state index in [0.29, 0.717) is 18.8 Å². The first kappa shape index (κ1) is 12.3. The van der Waals surface area contributed by atoms with Crippen molar-refractivity contribution in [2.24, 2.45) is 0 Å². The highest BCUT2D eigenvalue weighted by Crippen LogP contribution is 2.38. The van der Waals surface area contributed by atoms with E-state index >= 15 is 0 Å². The second kappa shape index (κ2) is 3.88. The monoisotopic (exact) mass is 279 g/mol. The number of fused-ring (bicyclic) bond motifs is 1. The molecule has 100 valence electrons. The number of hydrogen-bond acceptors (Lipinski definition) is 6. The molecule has 1 aliphatic heterocycles. The molecule has 0 amide bonds. The molecule has 2 aromatic rings. The number of nitro groups is 1. The number of β-amino-alcohol motifs (C(OH)–C–C–N with tert-alkyl or cyclic N) is 1. The Morgan fingerprint density at radius 1 is 1.53 bits per heavy atom. The molecule has 0 aliphatic carbocycles. The van der Waals surface area contributed by atoms with Crippen LogP contribution in [0.5, 0.6) is 0 Å². The lowest BCUT2D eigenvalue weighted by Gasteiger charge is -2.45. The quantitative estimate of drug-likeness (QED) is 0.672. The average Bonchev–Trinajstić information content (AvgIpc) is 2.62. The van der Waals surface area contributed by atoms with Crippen LogP contribution in [0.4, 0.5) is 11.4 Å². The first-order valence-electron chi connectivity index (χ1n) is 5.89. The third-order valence-corrected chi connectivity index (χ3v) is 4.13. The van der Waals surface area contributed by atoms with E-state index in [1.807, 2.05) is 11.8 Å². The molecule has 2 heterocycles. The minimum atomic E-state index is -0.763. The van der Waals surface area contributed by atoms with Gasteiger partial charge in [0.05, 0.1) is 25.7 Å². The maximum Gasteiger partial charge on any atom is 0.294 e. The molecule has 1 aliphatic rings. The maximum atomic E-state index is 11.2. The number of aliphatic hydroxyl groups is 1. The van der Waals surface area contributed by atoms with E-state index in [1.54, 1.807) is 19.1 Å². The molecule has 1 aromatic carbocycles. The molecule has 0 radical (unpaired) electrons. The Morgan fingerprint density at radius 2 is 2.21 bits per heavy atom. The van der Waals surface area contributed by atoms with Gasteiger partial charge in [-0.25, -0.2) is 4.98 Å². The first-order chi connectivity index (χ1) is 8.85. The predicted molar refractivity (Wildman–Crippen MR) is 73.8 cm³/mol. The van der Waals surface area contributed by atoms with Crippen LogP contribution in [0.25, 0.3) is 10.2 Å². The van der Waals surface area contributed by atoms with Crippen molar-refractivity contribution in [2.75, 3.05) is 18.0 Å². The fourth-order valence-electron chi connectivity index (χ4n) is 2.41. The Hall–Kier alpha value is -1.73. The van der Waals surface area contributed by atoms with Crippen molar-refractivity contribution in [1.29, 1.82) is 0 Å². The van der Waals surface area contributed by atoms with Crippen molar-refractivity contribution < 1.29 is 10.0 Å². The van der Waals surface area contributed by atoms with E-state index in [4.69, 9.17) is 0 Å². The molecule has 1 N–H and O–H groups in total. The number of nitrogens with zero attached hydrogens (tertiary/aromatic N) is 3. The molecule has 0 bridgehead atoms. The van der Waals surface area contributed by atoms with Crippen molar-refractivity contribution in [3.05, 3.63) is 27.3 Å². The zero-order valence-corrected chi connectivity index (χ0v) is 11.4. The molecular weight excluding hydrogens is 266 g/mol. The molecule has 19 heavy (non-hydrogen) atoms. The topological polar surface area (TPSA) is 79.5 Å². The molecule has 1 fully saturated rings. The summed E-state index contributed by atoms with van der Waals surface area (Å²) in [6.45, 7) is 4.41. The van der Waals surface area contributed by atoms with Crippen molar-refractivity contribution in [2.45, 2.75) is 19.4 Å². The van der Waals surface area contributed by atoms with Gasteiger partial charge in [0.15, 0.2) is 0 Å². The van der Waals surface area contributed by atoms with Gasteiger partial charge in [-0.1, -0.05) is 0 Å². The highest BCUT2D eigenvalue weighted by Gasteiger charge is 2.39. The highest BCUT2D eigenvalue weighted by atomic mass is 32.1. The molecule has 1 aromatic heterocycles. The van der Waals surface area contributed by atoms with Crippen molar-refractivity contribution in [3.63, 3.8) is 0 Å². The van der Waals surface area contributed by atoms with Gasteiger partial charge in [0.25, 0.3) is 5.69 Å². The number of rotatable bonds is 2. The van der Waals surface area contributed by atoms with Crippen LogP contribution in [-0.2, 0) is 0 Å². The summed E-state index contributed by atoms with van der Waals surface area (Å²) in [7, 11) is 0. The van der Waals surface area contributed by atoms with Crippen molar-refractivity contribution in [3.8, 4) is 0 Å². The van der Waals surface area contributed by atoms with Crippen LogP contribution in [0.3, 0.4) is 0 Å². The van der Waals surface area contributed by atoms with E-state index in [9.17, 15) is 15.2 Å². The summed E-state index contributed by atoms with van der Waals surface area (Å²) in [6, 6.07) is 3.31. The normalized spacial score (nSPS) is 17.5. The lowest BCUT2D eigenvalue weighted by atomic mass is 9.96. The molecule has 3 rings (SSSR count). The van der Waals surface area contributed by atoms with Crippen LogP contribution < -0.4 is 4.90 Å². The van der Waals surface area contributed by atoms with E-state index in [1.165, 1.54) is 11.3 Å². The van der Waals surface area contributed by atoms with Crippen LogP contribution in [0, 0.1) is 17.0 Å². The molecule has 7 heteroatoms. The van der Waals surface area contributed by atoms with Crippen LogP contribution in [0.2, 0.25) is 0 Å². The van der Waals surface area contributed by atoms with Crippen LogP contribution in [0.15, 0.2) is 12.1 Å². The third kappa shape index (κ3) is 2.04. The number of anilines is 1. The molecule has 0 atom stereocenters. The fourth-order valence-corrected chi connectivity index (χ4v) is 3.26. The Kier molecular flexibility index (Phi) is 2.51. The van der Waals surface area contributed by atoms with Gasteiger partial charge in [-0.2, -0.15) is 0 Å². The number of thiazole rings is 1. The van der Waals surface area contributed by atoms with Gasteiger partial charge in [0.1, 0.15) is 5.69 Å². The number of aromatic nitrogens is 1. The summed E-state index contributed by atoms with van der Waals surface area (Å²) in [4.78, 5) is 17.0. The summed E-state index contributed by atoms with van der Waals surface area (Å²) < 4.78 is 0.820. The largest absolute Gasteiger partial charge is 0.386 e. The smallest absolute Gasteiger partial charge is 0.294 e. The Labute approximate surface area is 113 Å². The minimum absolute atomic E-state index is 0.0756. The van der Waals surface area contributed by atoms with Crippen LogP contribution in [-0.4, -0.2) is 33.7 Å². The van der Waals surface area contributed by atoms with Gasteiger partial charge in [0, 0.05) is 19.2 Å². The van der Waals surface area contributed by atoms with E-state index in [2.05, 4.69) is 4.98 Å². The zero-order chi connectivity index (χ0) is 13.8.